The van der Waals surface area contributed by atoms with E-state index in [2.05, 4.69) is 134 Å². The zero-order valence-electron chi connectivity index (χ0n) is 30.6. The van der Waals surface area contributed by atoms with Crippen molar-refractivity contribution in [2.75, 3.05) is 31.1 Å². The molecule has 2 aliphatic rings. The summed E-state index contributed by atoms with van der Waals surface area (Å²) in [6, 6.07) is 44.2. The van der Waals surface area contributed by atoms with Crippen molar-refractivity contribution < 1.29 is 9.21 Å². The summed E-state index contributed by atoms with van der Waals surface area (Å²) in [4.78, 5) is 16.9. The Morgan fingerprint density at radius 2 is 1.28 bits per heavy atom. The van der Waals surface area contributed by atoms with E-state index >= 15 is 0 Å². The van der Waals surface area contributed by atoms with Gasteiger partial charge in [-0.2, -0.15) is 0 Å². The van der Waals surface area contributed by atoms with Crippen LogP contribution in [0.4, 0.5) is 11.4 Å². The number of amides is 1. The van der Waals surface area contributed by atoms with Crippen LogP contribution in [0, 0.1) is 0 Å². The van der Waals surface area contributed by atoms with Crippen LogP contribution < -0.4 is 14.8 Å². The van der Waals surface area contributed by atoms with E-state index in [4.69, 9.17) is 9.73 Å². The lowest BCUT2D eigenvalue weighted by atomic mass is 9.89. The first-order valence-electron chi connectivity index (χ1n) is 18.8. The van der Waals surface area contributed by atoms with Crippen molar-refractivity contribution in [3.05, 3.63) is 144 Å². The minimum Gasteiger partial charge on any atom is -0.622 e. The number of carbonyl (C=O) groups is 1. The number of benzene rings is 8. The minimum atomic E-state index is -0.277. The fourth-order valence-electron chi connectivity index (χ4n) is 8.51. The Hall–Kier alpha value is -6.20. The molecule has 5 nitrogen and oxygen atoms in total. The average Bonchev–Trinajstić information content (AvgIpc) is 3.20. The summed E-state index contributed by atoms with van der Waals surface area (Å²) in [5, 5.41) is 16.3. The van der Waals surface area contributed by atoms with E-state index in [-0.39, 0.29) is 5.91 Å². The van der Waals surface area contributed by atoms with Gasteiger partial charge in [0.25, 0.3) is 0 Å². The molecule has 53 heavy (non-hydrogen) atoms. The van der Waals surface area contributed by atoms with Crippen molar-refractivity contribution in [3.8, 4) is 22.5 Å². The topological polar surface area (TPSA) is 50.6 Å². The van der Waals surface area contributed by atoms with Crippen LogP contribution >= 0.6 is 0 Å². The number of anilines is 1. The molecule has 0 aromatic heterocycles. The van der Waals surface area contributed by atoms with Crippen molar-refractivity contribution in [1.82, 2.24) is 4.58 Å². The number of rotatable bonds is 8. The third kappa shape index (κ3) is 5.22. The van der Waals surface area contributed by atoms with E-state index in [0.717, 1.165) is 81.4 Å². The Bertz CT molecular complexity index is 2840. The SMILES string of the molecule is CCN(CC)c1ccc2c(-c3ccccc3C(=O)[N-]c3ccc4c5cccc6cccc(c7cccc3c74)c65)c3ccc(=[N+](CC)CC)cc-3oc2c1. The Morgan fingerprint density at radius 3 is 2.02 bits per heavy atom. The molecule has 0 N–H and O–H groups in total. The molecule has 0 radical (unpaired) electrons. The number of hydrogen-bond acceptors (Lipinski definition) is 3. The third-order valence-electron chi connectivity index (χ3n) is 11.1. The fourth-order valence-corrected chi connectivity index (χ4v) is 8.51. The summed E-state index contributed by atoms with van der Waals surface area (Å²) in [6.07, 6.45) is 0. The van der Waals surface area contributed by atoms with Gasteiger partial charge in [0.2, 0.25) is 5.36 Å². The lowest BCUT2D eigenvalue weighted by molar-refractivity contribution is 0.104. The third-order valence-corrected chi connectivity index (χ3v) is 11.1. The van der Waals surface area contributed by atoms with Gasteiger partial charge in [0.1, 0.15) is 24.4 Å². The van der Waals surface area contributed by atoms with E-state index in [1.54, 1.807) is 0 Å². The first-order chi connectivity index (χ1) is 26.0. The summed E-state index contributed by atoms with van der Waals surface area (Å²) in [5.41, 5.74) is 5.88. The van der Waals surface area contributed by atoms with Crippen molar-refractivity contribution in [2.24, 2.45) is 0 Å². The summed E-state index contributed by atoms with van der Waals surface area (Å²) < 4.78 is 9.05. The zero-order chi connectivity index (χ0) is 36.2. The molecule has 260 valence electrons. The number of nitrogens with zero attached hydrogens (tertiary/aromatic N) is 3. The van der Waals surface area contributed by atoms with Crippen LogP contribution in [0.1, 0.15) is 38.1 Å². The standard InChI is InChI=1S/C48H41N3O2/c1-5-50(6-2)31-22-24-40-43(28-31)53-44-29-32(51(7-3)8-4)23-25-41(44)47(40)36-16-9-10-17-38(36)48(52)49-42-27-26-37-34-19-12-15-30-14-11-18-33(45(30)34)35-20-13-21-39(42)46(35)37/h9-29H,5-8H2,1-4H3. The molecule has 1 amide bonds. The molecule has 1 aliphatic carbocycles. The molecule has 1 aliphatic heterocycles. The van der Waals surface area contributed by atoms with Gasteiger partial charge in [-0.25, -0.2) is 4.58 Å². The molecule has 7 aromatic rings. The number of hydrogen-bond donors (Lipinski definition) is 0. The van der Waals surface area contributed by atoms with Crippen LogP contribution in [0.3, 0.4) is 0 Å². The summed E-state index contributed by atoms with van der Waals surface area (Å²) in [5.74, 6) is 0.507. The second-order valence-electron chi connectivity index (χ2n) is 13.7. The summed E-state index contributed by atoms with van der Waals surface area (Å²) in [7, 11) is 0. The minimum absolute atomic E-state index is 0.277. The first kappa shape index (κ1) is 32.7. The quantitative estimate of drug-likeness (QED) is 0.0905. The van der Waals surface area contributed by atoms with E-state index in [1.165, 1.54) is 32.3 Å². The molecule has 9 rings (SSSR count). The van der Waals surface area contributed by atoms with Gasteiger partial charge in [0.05, 0.1) is 12.0 Å². The second-order valence-corrected chi connectivity index (χ2v) is 13.7. The van der Waals surface area contributed by atoms with E-state index in [1.807, 2.05) is 30.3 Å². The largest absolute Gasteiger partial charge is 0.622 e. The van der Waals surface area contributed by atoms with Crippen molar-refractivity contribution in [3.63, 3.8) is 0 Å². The first-order valence-corrected chi connectivity index (χ1v) is 18.8. The van der Waals surface area contributed by atoms with Gasteiger partial charge in [-0.15, -0.1) is 5.69 Å². The van der Waals surface area contributed by atoms with Gasteiger partial charge >= 0.3 is 0 Å². The van der Waals surface area contributed by atoms with E-state index in [0.29, 0.717) is 11.3 Å². The Morgan fingerprint density at radius 1 is 0.623 bits per heavy atom. The van der Waals surface area contributed by atoms with Gasteiger partial charge in [-0.05, 0) is 94.5 Å². The Labute approximate surface area is 309 Å². The molecular weight excluding hydrogens is 651 g/mol. The van der Waals surface area contributed by atoms with Crippen molar-refractivity contribution in [1.29, 1.82) is 0 Å². The fraction of sp³-hybridized carbons (Fsp3) is 0.167. The second kappa shape index (κ2) is 13.1. The average molecular weight is 692 g/mol. The normalized spacial score (nSPS) is 11.8. The molecule has 0 saturated heterocycles. The van der Waals surface area contributed by atoms with E-state index < -0.39 is 0 Å². The van der Waals surface area contributed by atoms with Crippen LogP contribution in [-0.2, 0) is 0 Å². The van der Waals surface area contributed by atoms with Gasteiger partial charge in [-0.3, -0.25) is 0 Å². The molecule has 1 heterocycles. The van der Waals surface area contributed by atoms with Crippen molar-refractivity contribution >= 4 is 71.3 Å². The Kier molecular flexibility index (Phi) is 8.07. The lowest BCUT2D eigenvalue weighted by Gasteiger charge is -2.26. The lowest BCUT2D eigenvalue weighted by Crippen LogP contribution is -2.29. The highest BCUT2D eigenvalue weighted by Gasteiger charge is 2.22. The maximum atomic E-state index is 14.6. The molecule has 0 unspecified atom stereocenters. The maximum absolute atomic E-state index is 14.6. The predicted octanol–water partition coefficient (Wildman–Crippen LogP) is 11.8. The summed E-state index contributed by atoms with van der Waals surface area (Å²) in [6.45, 7) is 12.3. The highest BCUT2D eigenvalue weighted by Crippen LogP contribution is 2.46. The Balaban J connectivity index is 1.22. The van der Waals surface area contributed by atoms with Crippen LogP contribution in [-0.4, -0.2) is 32.1 Å². The number of carbonyl (C=O) groups excluding carboxylic acids is 1. The molecule has 0 atom stereocenters. The molecule has 0 fully saturated rings. The van der Waals surface area contributed by atoms with Crippen LogP contribution in [0.2, 0.25) is 0 Å². The molecule has 0 bridgehead atoms. The van der Waals surface area contributed by atoms with E-state index in [9.17, 15) is 4.79 Å². The molecule has 0 spiro atoms. The van der Waals surface area contributed by atoms with Crippen LogP contribution in [0.5, 0.6) is 0 Å². The molecule has 0 saturated carbocycles. The van der Waals surface area contributed by atoms with Gasteiger partial charge in [0, 0.05) is 53.0 Å². The molecule has 5 heteroatoms. The highest BCUT2D eigenvalue weighted by atomic mass is 16.3. The highest BCUT2D eigenvalue weighted by molar-refractivity contribution is 6.34. The van der Waals surface area contributed by atoms with Crippen LogP contribution in [0.15, 0.2) is 132 Å². The smallest absolute Gasteiger partial charge is 0.203 e. The van der Waals surface area contributed by atoms with Gasteiger partial charge in [-0.1, -0.05) is 91.0 Å². The predicted molar refractivity (Wildman–Crippen MR) is 223 cm³/mol. The van der Waals surface area contributed by atoms with Gasteiger partial charge < -0.3 is 19.4 Å². The van der Waals surface area contributed by atoms with Crippen LogP contribution in [0.25, 0.3) is 81.8 Å². The molecule has 7 aromatic carbocycles. The number of fused-ring (bicyclic) bond motifs is 4. The maximum Gasteiger partial charge on any atom is 0.203 e. The molecular formula is C48H41N3O2. The zero-order valence-corrected chi connectivity index (χ0v) is 30.6. The van der Waals surface area contributed by atoms with Crippen molar-refractivity contribution in [2.45, 2.75) is 27.7 Å². The monoisotopic (exact) mass is 691 g/mol. The summed E-state index contributed by atoms with van der Waals surface area (Å²) >= 11 is 0. The van der Waals surface area contributed by atoms with Gasteiger partial charge in [0.15, 0.2) is 0 Å².